The van der Waals surface area contributed by atoms with Crippen LogP contribution in [0.2, 0.25) is 5.02 Å². The van der Waals surface area contributed by atoms with E-state index >= 15 is 0 Å². The van der Waals surface area contributed by atoms with E-state index in [2.05, 4.69) is 10.6 Å². The van der Waals surface area contributed by atoms with Gasteiger partial charge in [0, 0.05) is 5.69 Å². The number of carbonyl (C=O) groups excluding carboxylic acids is 2. The predicted molar refractivity (Wildman–Crippen MR) is 107 cm³/mol. The van der Waals surface area contributed by atoms with Gasteiger partial charge in [0.1, 0.15) is 0 Å². The van der Waals surface area contributed by atoms with Crippen LogP contribution in [-0.4, -0.2) is 36.3 Å². The summed E-state index contributed by atoms with van der Waals surface area (Å²) in [7, 11) is 1.74. The molecule has 0 radical (unpaired) electrons. The molecule has 0 aliphatic rings. The fourth-order valence-electron chi connectivity index (χ4n) is 2.44. The Labute approximate surface area is 159 Å². The number of hydrogen-bond acceptors (Lipinski definition) is 3. The molecule has 2 amide bonds. The minimum atomic E-state index is -0.490. The molecule has 5 nitrogen and oxygen atoms in total. The van der Waals surface area contributed by atoms with E-state index in [0.717, 1.165) is 16.8 Å². The highest BCUT2D eigenvalue weighted by Gasteiger charge is 2.21. The van der Waals surface area contributed by atoms with Gasteiger partial charge in [0.15, 0.2) is 0 Å². The number of nitrogens with zero attached hydrogens (tertiary/aromatic N) is 1. The van der Waals surface area contributed by atoms with Crippen molar-refractivity contribution in [2.24, 2.45) is 0 Å². The van der Waals surface area contributed by atoms with Crippen molar-refractivity contribution in [1.29, 1.82) is 0 Å². The molecule has 26 heavy (non-hydrogen) atoms. The summed E-state index contributed by atoms with van der Waals surface area (Å²) in [5.41, 5.74) is 3.49. The standard InChI is InChI=1S/C20H24ClN3O2/c1-13-8-7-11-17(14(13)2)22-19(25)12-24(4)15(3)20(26)23-18-10-6-5-9-16(18)21/h5-11,15H,12H2,1-4H3,(H,22,25)(H,23,26). The van der Waals surface area contributed by atoms with Gasteiger partial charge in [-0.1, -0.05) is 35.9 Å². The summed E-state index contributed by atoms with van der Waals surface area (Å²) in [6, 6.07) is 12.3. The van der Waals surface area contributed by atoms with Gasteiger partial charge in [0.05, 0.1) is 23.3 Å². The first kappa shape index (κ1) is 19.9. The van der Waals surface area contributed by atoms with Crippen molar-refractivity contribution in [3.8, 4) is 0 Å². The number of para-hydroxylation sites is 1. The number of benzene rings is 2. The summed E-state index contributed by atoms with van der Waals surface area (Å²) in [6.07, 6.45) is 0. The number of rotatable bonds is 6. The van der Waals surface area contributed by atoms with Crippen LogP contribution in [-0.2, 0) is 9.59 Å². The van der Waals surface area contributed by atoms with E-state index in [1.807, 2.05) is 32.0 Å². The van der Waals surface area contributed by atoms with Crippen LogP contribution in [0.25, 0.3) is 0 Å². The summed E-state index contributed by atoms with van der Waals surface area (Å²) in [4.78, 5) is 26.4. The number of amides is 2. The summed E-state index contributed by atoms with van der Waals surface area (Å²) < 4.78 is 0. The van der Waals surface area contributed by atoms with Crippen molar-refractivity contribution >= 4 is 34.8 Å². The molecule has 2 aromatic rings. The van der Waals surface area contributed by atoms with Gasteiger partial charge in [-0.2, -0.15) is 0 Å². The van der Waals surface area contributed by atoms with Crippen molar-refractivity contribution < 1.29 is 9.59 Å². The summed E-state index contributed by atoms with van der Waals surface area (Å²) in [5, 5.41) is 6.16. The highest BCUT2D eigenvalue weighted by Crippen LogP contribution is 2.21. The van der Waals surface area contributed by atoms with Crippen LogP contribution in [0.4, 0.5) is 11.4 Å². The molecule has 1 atom stereocenters. The Morgan fingerprint density at radius 2 is 1.69 bits per heavy atom. The number of hydrogen-bond donors (Lipinski definition) is 2. The quantitative estimate of drug-likeness (QED) is 0.808. The van der Waals surface area contributed by atoms with Gasteiger partial charge in [0.2, 0.25) is 11.8 Å². The molecule has 0 bridgehead atoms. The van der Waals surface area contributed by atoms with Crippen LogP contribution < -0.4 is 10.6 Å². The number of aryl methyl sites for hydroxylation is 1. The van der Waals surface area contributed by atoms with Crippen molar-refractivity contribution in [3.63, 3.8) is 0 Å². The highest BCUT2D eigenvalue weighted by molar-refractivity contribution is 6.33. The van der Waals surface area contributed by atoms with Gasteiger partial charge in [0.25, 0.3) is 0 Å². The Bertz CT molecular complexity index is 807. The minimum absolute atomic E-state index is 0.102. The second-order valence-electron chi connectivity index (χ2n) is 6.36. The van der Waals surface area contributed by atoms with Gasteiger partial charge >= 0.3 is 0 Å². The van der Waals surface area contributed by atoms with Crippen LogP contribution >= 0.6 is 11.6 Å². The molecule has 0 aromatic heterocycles. The molecule has 2 aromatic carbocycles. The molecular formula is C20H24ClN3O2. The second kappa shape index (κ2) is 8.83. The van der Waals surface area contributed by atoms with Crippen LogP contribution in [0, 0.1) is 13.8 Å². The first-order valence-electron chi connectivity index (χ1n) is 8.41. The van der Waals surface area contributed by atoms with E-state index in [4.69, 9.17) is 11.6 Å². The van der Waals surface area contributed by atoms with Crippen molar-refractivity contribution in [1.82, 2.24) is 4.90 Å². The number of nitrogens with one attached hydrogen (secondary N) is 2. The molecular weight excluding hydrogens is 350 g/mol. The number of likely N-dealkylation sites (N-methyl/N-ethyl adjacent to an activating group) is 1. The Morgan fingerprint density at radius 3 is 2.38 bits per heavy atom. The molecule has 2 rings (SSSR count). The fraction of sp³-hybridized carbons (Fsp3) is 0.300. The molecule has 1 unspecified atom stereocenters. The van der Waals surface area contributed by atoms with E-state index in [0.29, 0.717) is 10.7 Å². The molecule has 0 spiro atoms. The topological polar surface area (TPSA) is 61.4 Å². The van der Waals surface area contributed by atoms with Gasteiger partial charge in [-0.3, -0.25) is 14.5 Å². The maximum Gasteiger partial charge on any atom is 0.241 e. The SMILES string of the molecule is Cc1cccc(NC(=O)CN(C)C(C)C(=O)Nc2ccccc2Cl)c1C. The Balaban J connectivity index is 1.94. The number of anilines is 2. The largest absolute Gasteiger partial charge is 0.325 e. The van der Waals surface area contributed by atoms with Gasteiger partial charge in [-0.25, -0.2) is 0 Å². The molecule has 0 aliphatic carbocycles. The third kappa shape index (κ3) is 5.07. The molecule has 0 saturated heterocycles. The normalized spacial score (nSPS) is 11.9. The maximum absolute atomic E-state index is 12.4. The monoisotopic (exact) mass is 373 g/mol. The lowest BCUT2D eigenvalue weighted by molar-refractivity contribution is -0.122. The highest BCUT2D eigenvalue weighted by atomic mass is 35.5. The minimum Gasteiger partial charge on any atom is -0.325 e. The molecule has 0 fully saturated rings. The van der Waals surface area contributed by atoms with Gasteiger partial charge in [-0.05, 0) is 57.1 Å². The third-order valence-corrected chi connectivity index (χ3v) is 4.77. The zero-order valence-corrected chi connectivity index (χ0v) is 16.2. The van der Waals surface area contributed by atoms with Crippen molar-refractivity contribution in [2.75, 3.05) is 24.2 Å². The first-order valence-corrected chi connectivity index (χ1v) is 8.79. The zero-order valence-electron chi connectivity index (χ0n) is 15.5. The molecule has 6 heteroatoms. The van der Waals surface area contributed by atoms with E-state index in [1.165, 1.54) is 0 Å². The molecule has 0 aliphatic heterocycles. The molecule has 138 valence electrons. The molecule has 0 saturated carbocycles. The van der Waals surface area contributed by atoms with Crippen molar-refractivity contribution in [3.05, 3.63) is 58.6 Å². The summed E-state index contributed by atoms with van der Waals surface area (Å²) in [5.74, 6) is -0.390. The summed E-state index contributed by atoms with van der Waals surface area (Å²) >= 11 is 6.06. The maximum atomic E-state index is 12.4. The lowest BCUT2D eigenvalue weighted by Gasteiger charge is -2.23. The fourth-order valence-corrected chi connectivity index (χ4v) is 2.62. The number of carbonyl (C=O) groups is 2. The smallest absolute Gasteiger partial charge is 0.241 e. The average molecular weight is 374 g/mol. The van der Waals surface area contributed by atoms with Crippen LogP contribution in [0.15, 0.2) is 42.5 Å². The first-order chi connectivity index (χ1) is 12.3. The average Bonchev–Trinajstić information content (AvgIpc) is 2.60. The predicted octanol–water partition coefficient (Wildman–Crippen LogP) is 3.85. The Hall–Kier alpha value is -2.37. The summed E-state index contributed by atoms with van der Waals surface area (Å²) in [6.45, 7) is 5.81. The third-order valence-electron chi connectivity index (χ3n) is 4.44. The molecule has 2 N–H and O–H groups in total. The second-order valence-corrected chi connectivity index (χ2v) is 6.76. The van der Waals surface area contributed by atoms with Crippen LogP contribution in [0.5, 0.6) is 0 Å². The van der Waals surface area contributed by atoms with E-state index in [9.17, 15) is 9.59 Å². The number of halogens is 1. The Morgan fingerprint density at radius 1 is 1.04 bits per heavy atom. The molecule has 0 heterocycles. The van der Waals surface area contributed by atoms with Crippen LogP contribution in [0.3, 0.4) is 0 Å². The van der Waals surface area contributed by atoms with Crippen LogP contribution in [0.1, 0.15) is 18.1 Å². The van der Waals surface area contributed by atoms with Gasteiger partial charge < -0.3 is 10.6 Å². The lowest BCUT2D eigenvalue weighted by atomic mass is 10.1. The van der Waals surface area contributed by atoms with Gasteiger partial charge in [-0.15, -0.1) is 0 Å². The van der Waals surface area contributed by atoms with E-state index in [1.54, 1.807) is 43.1 Å². The van der Waals surface area contributed by atoms with Crippen molar-refractivity contribution in [2.45, 2.75) is 26.8 Å². The Kier molecular flexibility index (Phi) is 6.77. The van der Waals surface area contributed by atoms with E-state index < -0.39 is 6.04 Å². The zero-order chi connectivity index (χ0) is 19.3. The lowest BCUT2D eigenvalue weighted by Crippen LogP contribution is -2.43. The van der Waals surface area contributed by atoms with E-state index in [-0.39, 0.29) is 18.4 Å².